The number of hydrogen-bond acceptors (Lipinski definition) is 2. The van der Waals surface area contributed by atoms with Gasteiger partial charge < -0.3 is 10.6 Å². The van der Waals surface area contributed by atoms with Gasteiger partial charge in [-0.2, -0.15) is 0 Å². The lowest BCUT2D eigenvalue weighted by Gasteiger charge is -2.30. The molecule has 1 aliphatic rings. The molecule has 3 heteroatoms. The molecule has 1 amide bonds. The molecule has 74 valence electrons. The van der Waals surface area contributed by atoms with Gasteiger partial charge in [-0.3, -0.25) is 4.79 Å². The van der Waals surface area contributed by atoms with Crippen molar-refractivity contribution in [1.82, 2.24) is 4.90 Å². The van der Waals surface area contributed by atoms with Crippen LogP contribution in [0.15, 0.2) is 24.3 Å². The first-order valence-corrected chi connectivity index (χ1v) is 4.88. The molecule has 2 rings (SSSR count). The molecule has 1 aliphatic heterocycles. The molecular weight excluding hydrogens is 176 g/mol. The van der Waals surface area contributed by atoms with Gasteiger partial charge in [0.2, 0.25) is 5.91 Å². The summed E-state index contributed by atoms with van der Waals surface area (Å²) in [7, 11) is 0. The molecule has 0 aromatic heterocycles. The molecule has 1 aromatic carbocycles. The first kappa shape index (κ1) is 9.06. The van der Waals surface area contributed by atoms with Gasteiger partial charge >= 0.3 is 0 Å². The number of amides is 1. The van der Waals surface area contributed by atoms with E-state index < -0.39 is 0 Å². The molecule has 0 bridgehead atoms. The van der Waals surface area contributed by atoms with Crippen LogP contribution in [-0.4, -0.2) is 23.9 Å². The molecule has 1 fully saturated rings. The van der Waals surface area contributed by atoms with Crippen LogP contribution >= 0.6 is 0 Å². The lowest BCUT2D eigenvalue weighted by Crippen LogP contribution is -2.44. The number of carbonyl (C=O) groups is 1. The van der Waals surface area contributed by atoms with Gasteiger partial charge in [0.05, 0.1) is 0 Å². The number of β-lactam (4-membered cyclic amide) rings is 1. The van der Waals surface area contributed by atoms with E-state index in [0.29, 0.717) is 0 Å². The molecule has 3 nitrogen and oxygen atoms in total. The zero-order valence-electron chi connectivity index (χ0n) is 8.07. The summed E-state index contributed by atoms with van der Waals surface area (Å²) in [5, 5.41) is 0. The fourth-order valence-corrected chi connectivity index (χ4v) is 1.55. The highest BCUT2D eigenvalue weighted by atomic mass is 16.2. The standard InChI is InChI=1S/C11H14N2O/c12-10-3-1-9(2-4-10)5-7-13-8-6-11(13)14/h1-4H,5-8,12H2. The molecule has 0 aliphatic carbocycles. The van der Waals surface area contributed by atoms with Crippen LogP contribution in [0.3, 0.4) is 0 Å². The van der Waals surface area contributed by atoms with Crippen LogP contribution in [-0.2, 0) is 11.2 Å². The summed E-state index contributed by atoms with van der Waals surface area (Å²) in [4.78, 5) is 12.9. The van der Waals surface area contributed by atoms with E-state index >= 15 is 0 Å². The fourth-order valence-electron chi connectivity index (χ4n) is 1.55. The summed E-state index contributed by atoms with van der Waals surface area (Å²) in [5.74, 6) is 0.278. The molecule has 0 spiro atoms. The summed E-state index contributed by atoms with van der Waals surface area (Å²) < 4.78 is 0. The van der Waals surface area contributed by atoms with Crippen molar-refractivity contribution >= 4 is 11.6 Å². The molecule has 0 unspecified atom stereocenters. The third kappa shape index (κ3) is 1.87. The van der Waals surface area contributed by atoms with Crippen molar-refractivity contribution in [3.63, 3.8) is 0 Å². The first-order chi connectivity index (χ1) is 6.75. The lowest BCUT2D eigenvalue weighted by molar-refractivity contribution is -0.139. The van der Waals surface area contributed by atoms with Crippen molar-refractivity contribution in [2.24, 2.45) is 0 Å². The Hall–Kier alpha value is -1.51. The van der Waals surface area contributed by atoms with E-state index in [9.17, 15) is 4.79 Å². The van der Waals surface area contributed by atoms with Crippen molar-refractivity contribution in [1.29, 1.82) is 0 Å². The van der Waals surface area contributed by atoms with Crippen LogP contribution in [0, 0.1) is 0 Å². The third-order valence-corrected chi connectivity index (χ3v) is 2.60. The van der Waals surface area contributed by atoms with Gasteiger partial charge in [0.25, 0.3) is 0 Å². The van der Waals surface area contributed by atoms with Gasteiger partial charge in [0, 0.05) is 25.2 Å². The summed E-state index contributed by atoms with van der Waals surface area (Å²) in [6.45, 7) is 1.76. The maximum atomic E-state index is 11.0. The molecule has 1 heterocycles. The number of anilines is 1. The minimum absolute atomic E-state index is 0.278. The zero-order chi connectivity index (χ0) is 9.97. The normalized spacial score (nSPS) is 15.4. The molecule has 0 radical (unpaired) electrons. The van der Waals surface area contributed by atoms with E-state index in [-0.39, 0.29) is 5.91 Å². The van der Waals surface area contributed by atoms with E-state index in [0.717, 1.165) is 31.6 Å². The molecule has 14 heavy (non-hydrogen) atoms. The van der Waals surface area contributed by atoms with Gasteiger partial charge in [-0.25, -0.2) is 0 Å². The summed E-state index contributed by atoms with van der Waals surface area (Å²) in [6, 6.07) is 7.82. The maximum Gasteiger partial charge on any atom is 0.224 e. The number of nitrogen functional groups attached to an aromatic ring is 1. The quantitative estimate of drug-likeness (QED) is 0.572. The second kappa shape index (κ2) is 3.70. The Labute approximate surface area is 83.5 Å². The average Bonchev–Trinajstić information content (AvgIpc) is 2.19. The predicted octanol–water partition coefficient (Wildman–Crippen LogP) is 1.04. The Morgan fingerprint density at radius 2 is 2.00 bits per heavy atom. The number of benzene rings is 1. The van der Waals surface area contributed by atoms with Gasteiger partial charge in [0.15, 0.2) is 0 Å². The number of nitrogens with two attached hydrogens (primary N) is 1. The minimum atomic E-state index is 0.278. The summed E-state index contributed by atoms with van der Waals surface area (Å²) in [6.07, 6.45) is 1.65. The Bertz CT molecular complexity index is 332. The van der Waals surface area contributed by atoms with Crippen molar-refractivity contribution in [2.75, 3.05) is 18.8 Å². The Morgan fingerprint density at radius 1 is 1.29 bits per heavy atom. The van der Waals surface area contributed by atoms with Gasteiger partial charge in [-0.15, -0.1) is 0 Å². The third-order valence-electron chi connectivity index (χ3n) is 2.60. The second-order valence-corrected chi connectivity index (χ2v) is 3.62. The molecule has 1 aromatic rings. The number of nitrogens with zero attached hydrogens (tertiary/aromatic N) is 1. The van der Waals surface area contributed by atoms with E-state index in [1.54, 1.807) is 0 Å². The zero-order valence-corrected chi connectivity index (χ0v) is 8.07. The molecule has 0 atom stereocenters. The maximum absolute atomic E-state index is 11.0. The second-order valence-electron chi connectivity index (χ2n) is 3.62. The van der Waals surface area contributed by atoms with Crippen molar-refractivity contribution < 1.29 is 4.79 Å². The topological polar surface area (TPSA) is 46.3 Å². The highest BCUT2D eigenvalue weighted by molar-refractivity contribution is 5.81. The Kier molecular flexibility index (Phi) is 2.39. The predicted molar refractivity (Wildman–Crippen MR) is 55.8 cm³/mol. The van der Waals surface area contributed by atoms with Crippen LogP contribution in [0.1, 0.15) is 12.0 Å². The van der Waals surface area contributed by atoms with E-state index in [1.165, 1.54) is 5.56 Å². The Morgan fingerprint density at radius 3 is 2.50 bits per heavy atom. The number of likely N-dealkylation sites (tertiary alicyclic amines) is 1. The van der Waals surface area contributed by atoms with Gasteiger partial charge in [-0.05, 0) is 24.1 Å². The van der Waals surface area contributed by atoms with Crippen LogP contribution in [0.25, 0.3) is 0 Å². The highest BCUT2D eigenvalue weighted by Crippen LogP contribution is 2.11. The van der Waals surface area contributed by atoms with Crippen LogP contribution in [0.2, 0.25) is 0 Å². The number of rotatable bonds is 3. The monoisotopic (exact) mass is 190 g/mol. The largest absolute Gasteiger partial charge is 0.399 e. The number of hydrogen-bond donors (Lipinski definition) is 1. The van der Waals surface area contributed by atoms with Crippen molar-refractivity contribution in [3.05, 3.63) is 29.8 Å². The van der Waals surface area contributed by atoms with Gasteiger partial charge in [0.1, 0.15) is 0 Å². The van der Waals surface area contributed by atoms with Crippen molar-refractivity contribution in [2.45, 2.75) is 12.8 Å². The van der Waals surface area contributed by atoms with Crippen LogP contribution < -0.4 is 5.73 Å². The fraction of sp³-hybridized carbons (Fsp3) is 0.364. The Balaban J connectivity index is 1.85. The van der Waals surface area contributed by atoms with Crippen LogP contribution in [0.5, 0.6) is 0 Å². The van der Waals surface area contributed by atoms with Gasteiger partial charge in [-0.1, -0.05) is 12.1 Å². The molecule has 0 saturated carbocycles. The molecular formula is C11H14N2O. The summed E-state index contributed by atoms with van der Waals surface area (Å²) >= 11 is 0. The smallest absolute Gasteiger partial charge is 0.224 e. The van der Waals surface area contributed by atoms with E-state index in [2.05, 4.69) is 0 Å². The van der Waals surface area contributed by atoms with Crippen LogP contribution in [0.4, 0.5) is 5.69 Å². The molecule has 1 saturated heterocycles. The highest BCUT2D eigenvalue weighted by Gasteiger charge is 2.22. The van der Waals surface area contributed by atoms with Crippen molar-refractivity contribution in [3.8, 4) is 0 Å². The summed E-state index contributed by atoms with van der Waals surface area (Å²) in [5.41, 5.74) is 7.60. The first-order valence-electron chi connectivity index (χ1n) is 4.88. The lowest BCUT2D eigenvalue weighted by atomic mass is 10.1. The minimum Gasteiger partial charge on any atom is -0.399 e. The number of carbonyl (C=O) groups excluding carboxylic acids is 1. The van der Waals surface area contributed by atoms with E-state index in [4.69, 9.17) is 5.73 Å². The average molecular weight is 190 g/mol. The SMILES string of the molecule is Nc1ccc(CCN2CCC2=O)cc1. The van der Waals surface area contributed by atoms with E-state index in [1.807, 2.05) is 29.2 Å². The molecule has 2 N–H and O–H groups in total.